The quantitative estimate of drug-likeness (QED) is 0.497. The van der Waals surface area contributed by atoms with E-state index in [4.69, 9.17) is 11.6 Å². The molecule has 1 aromatic rings. The van der Waals surface area contributed by atoms with Crippen molar-refractivity contribution in [2.45, 2.75) is 43.0 Å². The van der Waals surface area contributed by atoms with E-state index in [9.17, 15) is 22.4 Å². The highest BCUT2D eigenvalue weighted by atomic mass is 35.5. The number of fused-ring (bicyclic) bond motifs is 1. The molecule has 3 rings (SSSR count). The molecule has 2 aliphatic rings. The molecule has 0 spiro atoms. The lowest BCUT2D eigenvalue weighted by molar-refractivity contribution is -0.116. The Balaban J connectivity index is 1.46. The van der Waals surface area contributed by atoms with Crippen LogP contribution in [0.3, 0.4) is 0 Å². The number of urea groups is 1. The molecule has 2 saturated heterocycles. The number of hydrogen-bond acceptors (Lipinski definition) is 4. The van der Waals surface area contributed by atoms with E-state index in [1.54, 1.807) is 0 Å². The van der Waals surface area contributed by atoms with Crippen LogP contribution in [0.4, 0.5) is 14.9 Å². The molecular weight excluding hydrogens is 385 g/mol. The lowest BCUT2D eigenvalue weighted by Gasteiger charge is -2.16. The van der Waals surface area contributed by atoms with Crippen molar-refractivity contribution >= 4 is 39.1 Å². The second-order valence-electron chi connectivity index (χ2n) is 6.54. The highest BCUT2D eigenvalue weighted by Crippen LogP contribution is 2.28. The maximum absolute atomic E-state index is 13.0. The fourth-order valence-electron chi connectivity index (χ4n) is 3.44. The van der Waals surface area contributed by atoms with Crippen LogP contribution in [0.2, 0.25) is 5.02 Å². The normalized spacial score (nSPS) is 26.1. The predicted molar refractivity (Wildman–Crippen MR) is 95.3 cm³/mol. The molecule has 0 unspecified atom stereocenters. The molecule has 0 radical (unpaired) electrons. The number of nitrogens with one attached hydrogen (secondary N) is 3. The molecule has 0 bridgehead atoms. The molecule has 142 valence electrons. The van der Waals surface area contributed by atoms with E-state index in [0.717, 1.165) is 6.07 Å². The van der Waals surface area contributed by atoms with Crippen molar-refractivity contribution < 1.29 is 22.4 Å². The molecule has 2 fully saturated rings. The maximum Gasteiger partial charge on any atom is 0.315 e. The third kappa shape index (κ3) is 4.09. The van der Waals surface area contributed by atoms with Gasteiger partial charge in [0.2, 0.25) is 5.91 Å². The molecule has 3 amide bonds. The fraction of sp³-hybridized carbons (Fsp3) is 0.500. The average Bonchev–Trinajstić information content (AvgIpc) is 2.99. The van der Waals surface area contributed by atoms with Crippen LogP contribution in [-0.4, -0.2) is 43.4 Å². The van der Waals surface area contributed by atoms with E-state index in [1.165, 1.54) is 12.1 Å². The Morgan fingerprint density at radius 3 is 2.81 bits per heavy atom. The van der Waals surface area contributed by atoms with Gasteiger partial charge >= 0.3 is 6.03 Å². The van der Waals surface area contributed by atoms with Crippen LogP contribution >= 0.6 is 11.6 Å². The molecule has 0 saturated carbocycles. The molecule has 2 heterocycles. The van der Waals surface area contributed by atoms with Gasteiger partial charge in [0.25, 0.3) is 0 Å². The Morgan fingerprint density at radius 1 is 1.31 bits per heavy atom. The summed E-state index contributed by atoms with van der Waals surface area (Å²) in [4.78, 5) is 23.3. The van der Waals surface area contributed by atoms with Crippen LogP contribution < -0.4 is 16.0 Å². The van der Waals surface area contributed by atoms with Crippen LogP contribution in [0.5, 0.6) is 0 Å². The topological polar surface area (TPSA) is 104 Å². The van der Waals surface area contributed by atoms with Crippen LogP contribution in [0.25, 0.3) is 0 Å². The number of halogens is 2. The third-order valence-corrected chi connectivity index (χ3v) is 7.26. The number of benzene rings is 1. The van der Waals surface area contributed by atoms with Crippen molar-refractivity contribution in [3.63, 3.8) is 0 Å². The third-order valence-electron chi connectivity index (χ3n) is 4.67. The van der Waals surface area contributed by atoms with Gasteiger partial charge in [-0.25, -0.2) is 17.6 Å². The smallest absolute Gasteiger partial charge is 0.315 e. The highest BCUT2D eigenvalue weighted by molar-refractivity contribution is 7.92. The number of sulfone groups is 1. The Bertz CT molecular complexity index is 833. The van der Waals surface area contributed by atoms with Gasteiger partial charge in [-0.1, -0.05) is 18.0 Å². The average molecular weight is 404 g/mol. The first-order valence-electron chi connectivity index (χ1n) is 8.30. The molecule has 10 heteroatoms. The Morgan fingerprint density at radius 2 is 2.08 bits per heavy atom. The SMILES string of the molecule is O=C(CCCC[C@@H]1[C@@H]2NC(=O)N[C@H]2CS1(=O)=O)Nc1ccc(F)cc1Cl. The number of carbonyl (C=O) groups excluding carboxylic acids is 2. The van der Waals surface area contributed by atoms with Crippen LogP contribution in [0.15, 0.2) is 18.2 Å². The minimum absolute atomic E-state index is 0.0510. The molecule has 7 nitrogen and oxygen atoms in total. The first-order valence-corrected chi connectivity index (χ1v) is 10.4. The number of unbranched alkanes of at least 4 members (excludes halogenated alkanes) is 1. The molecule has 3 atom stereocenters. The summed E-state index contributed by atoms with van der Waals surface area (Å²) in [5, 5.41) is 7.37. The summed E-state index contributed by atoms with van der Waals surface area (Å²) in [7, 11) is -3.26. The van der Waals surface area contributed by atoms with Gasteiger partial charge in [-0.3, -0.25) is 4.79 Å². The summed E-state index contributed by atoms with van der Waals surface area (Å²) >= 11 is 5.85. The zero-order valence-corrected chi connectivity index (χ0v) is 15.4. The van der Waals surface area contributed by atoms with Gasteiger partial charge in [0.05, 0.1) is 33.8 Å². The molecular formula is C16H19ClFN3O4S. The Kier molecular flexibility index (Phi) is 5.38. The Hall–Kier alpha value is -1.87. The van der Waals surface area contributed by atoms with Crippen LogP contribution in [0.1, 0.15) is 25.7 Å². The van der Waals surface area contributed by atoms with E-state index >= 15 is 0 Å². The van der Waals surface area contributed by atoms with Crippen molar-refractivity contribution in [3.05, 3.63) is 29.0 Å². The van der Waals surface area contributed by atoms with E-state index in [-0.39, 0.29) is 35.2 Å². The van der Waals surface area contributed by atoms with Crippen molar-refractivity contribution in [2.75, 3.05) is 11.1 Å². The molecule has 0 aromatic heterocycles. The van der Waals surface area contributed by atoms with Gasteiger partial charge in [0, 0.05) is 6.42 Å². The second-order valence-corrected chi connectivity index (χ2v) is 9.21. The zero-order chi connectivity index (χ0) is 18.9. The lowest BCUT2D eigenvalue weighted by atomic mass is 10.0. The van der Waals surface area contributed by atoms with Gasteiger partial charge in [-0.05, 0) is 31.0 Å². The van der Waals surface area contributed by atoms with Gasteiger partial charge < -0.3 is 16.0 Å². The first kappa shape index (κ1) is 18.9. The summed E-state index contributed by atoms with van der Waals surface area (Å²) in [6, 6.07) is 2.59. The summed E-state index contributed by atoms with van der Waals surface area (Å²) in [6.45, 7) is 0. The van der Waals surface area contributed by atoms with E-state index < -0.39 is 26.9 Å². The summed E-state index contributed by atoms with van der Waals surface area (Å²) in [5.41, 5.74) is 0.332. The predicted octanol–water partition coefficient (Wildman–Crippen LogP) is 1.82. The van der Waals surface area contributed by atoms with Crippen molar-refractivity contribution in [1.29, 1.82) is 0 Å². The van der Waals surface area contributed by atoms with Gasteiger partial charge in [0.15, 0.2) is 9.84 Å². The Labute approximate surface area is 155 Å². The van der Waals surface area contributed by atoms with Gasteiger partial charge in [-0.15, -0.1) is 0 Å². The van der Waals surface area contributed by atoms with Crippen molar-refractivity contribution in [3.8, 4) is 0 Å². The van der Waals surface area contributed by atoms with Crippen molar-refractivity contribution in [1.82, 2.24) is 10.6 Å². The van der Waals surface area contributed by atoms with E-state index in [2.05, 4.69) is 16.0 Å². The maximum atomic E-state index is 13.0. The number of anilines is 1. The van der Waals surface area contributed by atoms with Crippen LogP contribution in [0, 0.1) is 5.82 Å². The van der Waals surface area contributed by atoms with Crippen LogP contribution in [-0.2, 0) is 14.6 Å². The molecule has 3 N–H and O–H groups in total. The largest absolute Gasteiger partial charge is 0.332 e. The summed E-state index contributed by atoms with van der Waals surface area (Å²) in [6.07, 6.45) is 1.61. The first-order chi connectivity index (χ1) is 12.3. The lowest BCUT2D eigenvalue weighted by Crippen LogP contribution is -2.39. The minimum Gasteiger partial charge on any atom is -0.332 e. The molecule has 26 heavy (non-hydrogen) atoms. The molecule has 0 aliphatic carbocycles. The summed E-state index contributed by atoms with van der Waals surface area (Å²) < 4.78 is 37.4. The monoisotopic (exact) mass is 403 g/mol. The number of carbonyl (C=O) groups is 2. The number of amides is 3. The summed E-state index contributed by atoms with van der Waals surface area (Å²) in [5.74, 6) is -0.816. The molecule has 1 aromatic carbocycles. The standard InChI is InChI=1S/C16H19ClFN3O4S/c17-10-7-9(18)5-6-11(10)19-14(22)4-2-1-3-13-15-12(8-26(13,24)25)20-16(23)21-15/h5-7,12-13,15H,1-4,8H2,(H,19,22)(H2,20,21,23)/t12-,13+,15+/m0/s1. The number of rotatable bonds is 6. The minimum atomic E-state index is -3.26. The second kappa shape index (κ2) is 7.40. The highest BCUT2D eigenvalue weighted by Gasteiger charge is 2.51. The molecule has 2 aliphatic heterocycles. The van der Waals surface area contributed by atoms with Crippen molar-refractivity contribution in [2.24, 2.45) is 0 Å². The van der Waals surface area contributed by atoms with Gasteiger partial charge in [-0.2, -0.15) is 0 Å². The zero-order valence-electron chi connectivity index (χ0n) is 13.8. The fourth-order valence-corrected chi connectivity index (χ4v) is 5.92. The van der Waals surface area contributed by atoms with E-state index in [1.807, 2.05) is 0 Å². The van der Waals surface area contributed by atoms with E-state index in [0.29, 0.717) is 24.9 Å². The van der Waals surface area contributed by atoms with Gasteiger partial charge in [0.1, 0.15) is 5.82 Å². The number of hydrogen-bond donors (Lipinski definition) is 3.